The molecule has 9 heteroatoms. The molecule has 1 N–H and O–H groups in total. The third-order valence-corrected chi connectivity index (χ3v) is 7.23. The van der Waals surface area contributed by atoms with Gasteiger partial charge in [0.2, 0.25) is 11.8 Å². The zero-order valence-electron chi connectivity index (χ0n) is 21.1. The topological polar surface area (TPSA) is 109 Å². The smallest absolute Gasteiger partial charge is 0.410 e. The number of nitrogens with one attached hydrogen (secondary N) is 1. The number of amides is 4. The van der Waals surface area contributed by atoms with E-state index in [2.05, 4.69) is 19.2 Å². The summed E-state index contributed by atoms with van der Waals surface area (Å²) in [6.45, 7) is 11.0. The fourth-order valence-corrected chi connectivity index (χ4v) is 5.22. The van der Waals surface area contributed by atoms with Gasteiger partial charge in [-0.25, -0.2) is 4.79 Å². The summed E-state index contributed by atoms with van der Waals surface area (Å²) in [5.74, 6) is -0.980. The molecule has 1 saturated heterocycles. The Bertz CT molecular complexity index is 1100. The number of fused-ring (bicyclic) bond motifs is 1. The predicted octanol–water partition coefficient (Wildman–Crippen LogP) is 3.28. The number of pyridine rings is 1. The molecule has 0 saturated carbocycles. The summed E-state index contributed by atoms with van der Waals surface area (Å²) in [5, 5.41) is 2.33. The molecule has 1 fully saturated rings. The minimum atomic E-state index is -0.667. The summed E-state index contributed by atoms with van der Waals surface area (Å²) in [7, 11) is 0. The van der Waals surface area contributed by atoms with E-state index in [1.54, 1.807) is 11.0 Å². The van der Waals surface area contributed by atoms with Crippen molar-refractivity contribution < 1.29 is 23.9 Å². The van der Waals surface area contributed by atoms with Crippen LogP contribution in [-0.4, -0.2) is 63.3 Å². The molecule has 4 rings (SSSR count). The largest absolute Gasteiger partial charge is 0.444 e. The molecule has 1 atom stereocenters. The fraction of sp³-hybridized carbons (Fsp3) is 0.577. The summed E-state index contributed by atoms with van der Waals surface area (Å²) in [5.41, 5.74) is 2.12. The number of carbonyl (C=O) groups excluding carboxylic acids is 4. The van der Waals surface area contributed by atoms with Crippen LogP contribution in [0.25, 0.3) is 5.57 Å². The average molecular weight is 483 g/mol. The van der Waals surface area contributed by atoms with Crippen LogP contribution >= 0.6 is 0 Å². The van der Waals surface area contributed by atoms with Gasteiger partial charge in [0, 0.05) is 24.9 Å². The van der Waals surface area contributed by atoms with Gasteiger partial charge in [0.1, 0.15) is 11.6 Å². The summed E-state index contributed by atoms with van der Waals surface area (Å²) in [6.07, 6.45) is 3.88. The molecule has 0 radical (unpaired) electrons. The van der Waals surface area contributed by atoms with Crippen LogP contribution in [0.4, 0.5) is 4.79 Å². The minimum Gasteiger partial charge on any atom is -0.444 e. The van der Waals surface area contributed by atoms with Crippen LogP contribution in [0, 0.1) is 5.41 Å². The normalized spacial score (nSPS) is 22.0. The van der Waals surface area contributed by atoms with Crippen LogP contribution < -0.4 is 5.32 Å². The van der Waals surface area contributed by atoms with Crippen molar-refractivity contribution in [1.82, 2.24) is 20.1 Å². The quantitative estimate of drug-likeness (QED) is 0.660. The minimum absolute atomic E-state index is 0.214. The lowest BCUT2D eigenvalue weighted by molar-refractivity contribution is -0.136. The molecule has 35 heavy (non-hydrogen) atoms. The molecule has 9 nitrogen and oxygen atoms in total. The van der Waals surface area contributed by atoms with Crippen LogP contribution in [0.15, 0.2) is 18.2 Å². The SMILES string of the molecule is CCC1(CC)CN(C(=O)OC(C)(C)C)CC=C1c1ccc2c(n1)CN(C1CCC(=O)NC1=O)C2=O. The first-order valence-corrected chi connectivity index (χ1v) is 12.3. The van der Waals surface area contributed by atoms with E-state index >= 15 is 0 Å². The zero-order valence-corrected chi connectivity index (χ0v) is 21.1. The maximum Gasteiger partial charge on any atom is 0.410 e. The van der Waals surface area contributed by atoms with Crippen molar-refractivity contribution in [3.05, 3.63) is 35.2 Å². The highest BCUT2D eigenvalue weighted by atomic mass is 16.6. The van der Waals surface area contributed by atoms with Gasteiger partial charge >= 0.3 is 6.09 Å². The highest BCUT2D eigenvalue weighted by molar-refractivity contribution is 6.05. The van der Waals surface area contributed by atoms with Crippen LogP contribution in [0.2, 0.25) is 0 Å². The number of hydrogen-bond acceptors (Lipinski definition) is 6. The van der Waals surface area contributed by atoms with Gasteiger partial charge in [-0.2, -0.15) is 0 Å². The molecule has 188 valence electrons. The van der Waals surface area contributed by atoms with Crippen molar-refractivity contribution in [2.75, 3.05) is 13.1 Å². The molecule has 0 aromatic carbocycles. The average Bonchev–Trinajstić information content (AvgIpc) is 3.13. The van der Waals surface area contributed by atoms with Crippen LogP contribution in [0.3, 0.4) is 0 Å². The Hall–Kier alpha value is -3.23. The second-order valence-electron chi connectivity index (χ2n) is 10.6. The molecule has 0 bridgehead atoms. The summed E-state index contributed by atoms with van der Waals surface area (Å²) in [6, 6.07) is 2.97. The number of carbonyl (C=O) groups is 4. The van der Waals surface area contributed by atoms with Crippen molar-refractivity contribution in [3.8, 4) is 0 Å². The number of aromatic nitrogens is 1. The molecule has 4 heterocycles. The van der Waals surface area contributed by atoms with E-state index in [0.717, 1.165) is 24.1 Å². The lowest BCUT2D eigenvalue weighted by atomic mass is 9.71. The van der Waals surface area contributed by atoms with Crippen molar-refractivity contribution in [1.29, 1.82) is 0 Å². The Labute approximate surface area is 205 Å². The Morgan fingerprint density at radius 1 is 1.20 bits per heavy atom. The Morgan fingerprint density at radius 2 is 1.91 bits per heavy atom. The summed E-state index contributed by atoms with van der Waals surface area (Å²) < 4.78 is 5.60. The van der Waals surface area contributed by atoms with E-state index in [9.17, 15) is 19.2 Å². The standard InChI is InChI=1S/C26H34N4O5/c1-6-26(7-2)15-29(24(34)35-25(3,4)5)13-12-17(26)18-9-8-16-19(27-18)14-30(23(16)33)20-10-11-21(31)28-22(20)32/h8-9,12,20H,6-7,10-11,13-15H2,1-5H3,(H,28,31,32). The third kappa shape index (κ3) is 4.68. The van der Waals surface area contributed by atoms with Crippen LogP contribution in [0.1, 0.15) is 82.0 Å². The molecule has 0 spiro atoms. The molecule has 4 amide bonds. The lowest BCUT2D eigenvalue weighted by Gasteiger charge is -2.42. The van der Waals surface area contributed by atoms with E-state index in [0.29, 0.717) is 30.8 Å². The molecular weight excluding hydrogens is 448 g/mol. The molecule has 1 aromatic rings. The van der Waals surface area contributed by atoms with E-state index in [1.807, 2.05) is 32.9 Å². The predicted molar refractivity (Wildman–Crippen MR) is 129 cm³/mol. The Kier molecular flexibility index (Phi) is 6.46. The van der Waals surface area contributed by atoms with Crippen LogP contribution in [0.5, 0.6) is 0 Å². The summed E-state index contributed by atoms with van der Waals surface area (Å²) in [4.78, 5) is 57.8. The molecule has 3 aliphatic heterocycles. The second kappa shape index (κ2) is 9.09. The summed E-state index contributed by atoms with van der Waals surface area (Å²) >= 11 is 0. The van der Waals surface area contributed by atoms with E-state index in [-0.39, 0.29) is 36.3 Å². The van der Waals surface area contributed by atoms with Gasteiger partial charge in [-0.05, 0) is 57.7 Å². The first-order valence-electron chi connectivity index (χ1n) is 12.3. The van der Waals surface area contributed by atoms with E-state index in [4.69, 9.17) is 9.72 Å². The molecule has 0 aliphatic carbocycles. The number of rotatable bonds is 4. The highest BCUT2D eigenvalue weighted by Gasteiger charge is 2.42. The first kappa shape index (κ1) is 24.9. The maximum absolute atomic E-state index is 13.0. The molecule has 3 aliphatic rings. The second-order valence-corrected chi connectivity index (χ2v) is 10.6. The zero-order chi connectivity index (χ0) is 25.5. The van der Waals surface area contributed by atoms with Gasteiger partial charge < -0.3 is 14.5 Å². The monoisotopic (exact) mass is 482 g/mol. The Morgan fingerprint density at radius 3 is 2.54 bits per heavy atom. The van der Waals surface area contributed by atoms with E-state index in [1.165, 1.54) is 4.90 Å². The van der Waals surface area contributed by atoms with Gasteiger partial charge in [-0.3, -0.25) is 24.7 Å². The number of nitrogens with zero attached hydrogens (tertiary/aromatic N) is 3. The van der Waals surface area contributed by atoms with Crippen LogP contribution in [-0.2, 0) is 20.9 Å². The number of hydrogen-bond donors (Lipinski definition) is 1. The maximum atomic E-state index is 13.0. The molecular formula is C26H34N4O5. The number of ether oxygens (including phenoxy) is 1. The van der Waals surface area contributed by atoms with Gasteiger partial charge in [0.25, 0.3) is 5.91 Å². The van der Waals surface area contributed by atoms with Crippen molar-refractivity contribution in [2.45, 2.75) is 78.5 Å². The van der Waals surface area contributed by atoms with Crippen molar-refractivity contribution in [3.63, 3.8) is 0 Å². The third-order valence-electron chi connectivity index (χ3n) is 7.23. The number of imide groups is 1. The van der Waals surface area contributed by atoms with Gasteiger partial charge in [0.05, 0.1) is 23.5 Å². The van der Waals surface area contributed by atoms with Crippen molar-refractivity contribution >= 4 is 29.4 Å². The first-order chi connectivity index (χ1) is 16.5. The van der Waals surface area contributed by atoms with Gasteiger partial charge in [-0.1, -0.05) is 19.9 Å². The van der Waals surface area contributed by atoms with Gasteiger partial charge in [0.15, 0.2) is 0 Å². The van der Waals surface area contributed by atoms with Gasteiger partial charge in [-0.15, -0.1) is 0 Å². The van der Waals surface area contributed by atoms with Crippen molar-refractivity contribution in [2.24, 2.45) is 5.41 Å². The molecule has 1 unspecified atom stereocenters. The fourth-order valence-electron chi connectivity index (χ4n) is 5.22. The van der Waals surface area contributed by atoms with E-state index < -0.39 is 17.6 Å². The highest BCUT2D eigenvalue weighted by Crippen LogP contribution is 2.44. The number of piperidine rings is 1. The molecule has 1 aromatic heterocycles. The lowest BCUT2D eigenvalue weighted by Crippen LogP contribution is -2.52. The Balaban J connectivity index is 1.60.